The highest BCUT2D eigenvalue weighted by molar-refractivity contribution is 8.21. The van der Waals surface area contributed by atoms with Crippen molar-refractivity contribution < 1.29 is 5.11 Å². The van der Waals surface area contributed by atoms with Crippen molar-refractivity contribution in [2.24, 2.45) is 0 Å². The molecule has 0 spiro atoms. The summed E-state index contributed by atoms with van der Waals surface area (Å²) < 4.78 is 1.03. The van der Waals surface area contributed by atoms with E-state index in [0.29, 0.717) is 5.02 Å². The molecule has 1 aromatic rings. The second kappa shape index (κ2) is 7.16. The minimum atomic E-state index is -1.14. The monoisotopic (exact) mass is 298 g/mol. The van der Waals surface area contributed by atoms with Gasteiger partial charge in [0.1, 0.15) is 5.60 Å². The number of rotatable bonds is 5. The van der Waals surface area contributed by atoms with Gasteiger partial charge in [-0.3, -0.25) is 0 Å². The fourth-order valence-corrected chi connectivity index (χ4v) is 2.94. The largest absolute Gasteiger partial charge is 0.380 e. The van der Waals surface area contributed by atoms with Crippen molar-refractivity contribution in [1.29, 1.82) is 0 Å². The van der Waals surface area contributed by atoms with Gasteiger partial charge < -0.3 is 5.11 Å². The molecule has 1 aromatic carbocycles. The van der Waals surface area contributed by atoms with Gasteiger partial charge in [-0.15, -0.1) is 35.9 Å². The lowest BCUT2D eigenvalue weighted by atomic mass is 9.91. The van der Waals surface area contributed by atoms with Crippen LogP contribution in [0.2, 0.25) is 5.02 Å². The first-order valence-corrected chi connectivity index (χ1v) is 8.11. The maximum absolute atomic E-state index is 10.7. The number of terminal acetylenes is 1. The molecule has 1 rings (SSSR count). The molecule has 1 N–H and O–H groups in total. The summed E-state index contributed by atoms with van der Waals surface area (Å²) >= 11 is 9.03. The molecule has 0 aromatic heterocycles. The molecular formula is C14H15ClOS2. The molecule has 4 heteroatoms. The van der Waals surface area contributed by atoms with E-state index in [0.717, 1.165) is 9.80 Å². The van der Waals surface area contributed by atoms with E-state index in [1.54, 1.807) is 47.8 Å². The van der Waals surface area contributed by atoms with Crippen molar-refractivity contribution >= 4 is 35.1 Å². The standard InChI is InChI=1S/C14H15ClOS2/c1-4-9-14(16,10-13(17-2)18-3)11-5-7-12(15)8-6-11/h1,5-8,10,16H,9H2,2-3H3. The minimum Gasteiger partial charge on any atom is -0.380 e. The number of hydrogen-bond acceptors (Lipinski definition) is 3. The second-order valence-electron chi connectivity index (χ2n) is 3.68. The molecule has 1 atom stereocenters. The summed E-state index contributed by atoms with van der Waals surface area (Å²) in [5, 5.41) is 11.4. The molecule has 0 radical (unpaired) electrons. The number of aliphatic hydroxyl groups is 1. The van der Waals surface area contributed by atoms with E-state index in [1.165, 1.54) is 0 Å². The molecule has 0 amide bonds. The van der Waals surface area contributed by atoms with Gasteiger partial charge in [0.2, 0.25) is 0 Å². The van der Waals surface area contributed by atoms with Crippen molar-refractivity contribution in [2.75, 3.05) is 12.5 Å². The Kier molecular flexibility index (Phi) is 6.17. The highest BCUT2D eigenvalue weighted by Gasteiger charge is 2.26. The molecule has 0 bridgehead atoms. The highest BCUT2D eigenvalue weighted by atomic mass is 35.5. The first-order valence-electron chi connectivity index (χ1n) is 5.28. The van der Waals surface area contributed by atoms with Gasteiger partial charge >= 0.3 is 0 Å². The summed E-state index contributed by atoms with van der Waals surface area (Å²) in [6.45, 7) is 0. The van der Waals surface area contributed by atoms with Crippen LogP contribution in [0.3, 0.4) is 0 Å². The molecule has 96 valence electrons. The zero-order chi connectivity index (χ0) is 13.6. The van der Waals surface area contributed by atoms with E-state index in [4.69, 9.17) is 18.0 Å². The van der Waals surface area contributed by atoms with Gasteiger partial charge in [-0.1, -0.05) is 23.7 Å². The lowest BCUT2D eigenvalue weighted by Gasteiger charge is -2.24. The van der Waals surface area contributed by atoms with Gasteiger partial charge in [0, 0.05) is 15.7 Å². The smallest absolute Gasteiger partial charge is 0.120 e. The van der Waals surface area contributed by atoms with Crippen LogP contribution in [0, 0.1) is 12.3 Å². The molecule has 0 saturated carbocycles. The lowest BCUT2D eigenvalue weighted by Crippen LogP contribution is -2.22. The van der Waals surface area contributed by atoms with Crippen LogP contribution in [0.5, 0.6) is 0 Å². The molecule has 1 unspecified atom stereocenters. The van der Waals surface area contributed by atoms with E-state index in [-0.39, 0.29) is 6.42 Å². The molecule has 0 aliphatic carbocycles. The van der Waals surface area contributed by atoms with Crippen LogP contribution in [0.15, 0.2) is 34.6 Å². The van der Waals surface area contributed by atoms with Crippen LogP contribution in [-0.2, 0) is 5.60 Å². The maximum Gasteiger partial charge on any atom is 0.120 e. The summed E-state index contributed by atoms with van der Waals surface area (Å²) in [7, 11) is 0. The van der Waals surface area contributed by atoms with Crippen LogP contribution in [0.1, 0.15) is 12.0 Å². The maximum atomic E-state index is 10.7. The SMILES string of the molecule is C#CCC(O)(C=C(SC)SC)c1ccc(Cl)cc1. The Morgan fingerprint density at radius 3 is 2.39 bits per heavy atom. The zero-order valence-corrected chi connectivity index (χ0v) is 12.7. The molecule has 1 nitrogen and oxygen atoms in total. The van der Waals surface area contributed by atoms with Gasteiger partial charge in [0.25, 0.3) is 0 Å². The third kappa shape index (κ3) is 4.00. The van der Waals surface area contributed by atoms with Crippen molar-refractivity contribution in [3.63, 3.8) is 0 Å². The van der Waals surface area contributed by atoms with Crippen LogP contribution in [0.4, 0.5) is 0 Å². The third-order valence-corrected chi connectivity index (χ3v) is 4.77. The van der Waals surface area contributed by atoms with Gasteiger partial charge in [-0.25, -0.2) is 0 Å². The summed E-state index contributed by atoms with van der Waals surface area (Å²) in [6.07, 6.45) is 11.4. The van der Waals surface area contributed by atoms with Crippen LogP contribution in [0.25, 0.3) is 0 Å². The summed E-state index contributed by atoms with van der Waals surface area (Å²) in [6, 6.07) is 7.11. The number of hydrogen-bond donors (Lipinski definition) is 1. The molecule has 0 saturated heterocycles. The highest BCUT2D eigenvalue weighted by Crippen LogP contribution is 2.34. The van der Waals surface area contributed by atoms with E-state index >= 15 is 0 Å². The molecule has 0 aliphatic heterocycles. The molecule has 0 fully saturated rings. The van der Waals surface area contributed by atoms with E-state index in [9.17, 15) is 5.11 Å². The van der Waals surface area contributed by atoms with E-state index in [2.05, 4.69) is 5.92 Å². The van der Waals surface area contributed by atoms with Gasteiger partial charge in [0.05, 0.1) is 0 Å². The fourth-order valence-electron chi connectivity index (χ4n) is 1.53. The van der Waals surface area contributed by atoms with Crippen LogP contribution < -0.4 is 0 Å². The minimum absolute atomic E-state index is 0.235. The zero-order valence-electron chi connectivity index (χ0n) is 10.3. The van der Waals surface area contributed by atoms with E-state index in [1.807, 2.05) is 18.6 Å². The third-order valence-electron chi connectivity index (χ3n) is 2.47. The average molecular weight is 299 g/mol. The Labute approximate surface area is 122 Å². The molecule has 0 heterocycles. The summed E-state index contributed by atoms with van der Waals surface area (Å²) in [5.41, 5.74) is -0.383. The van der Waals surface area contributed by atoms with E-state index < -0.39 is 5.60 Å². The van der Waals surface area contributed by atoms with Crippen LogP contribution in [-0.4, -0.2) is 17.6 Å². The summed E-state index contributed by atoms with van der Waals surface area (Å²) in [4.78, 5) is 0. The fraction of sp³-hybridized carbons (Fsp3) is 0.286. The van der Waals surface area contributed by atoms with Crippen LogP contribution >= 0.6 is 35.1 Å². The number of halogens is 1. The summed E-state index contributed by atoms with van der Waals surface area (Å²) in [5.74, 6) is 2.53. The first-order chi connectivity index (χ1) is 8.55. The Bertz CT molecular complexity index is 456. The van der Waals surface area contributed by atoms with Gasteiger partial charge in [-0.05, 0) is 36.3 Å². The van der Waals surface area contributed by atoms with Gasteiger partial charge in [0.15, 0.2) is 0 Å². The Balaban J connectivity index is 3.19. The quantitative estimate of drug-likeness (QED) is 0.826. The van der Waals surface area contributed by atoms with Crippen molar-refractivity contribution in [2.45, 2.75) is 12.0 Å². The number of thioether (sulfide) groups is 2. The molecular weight excluding hydrogens is 284 g/mol. The number of benzene rings is 1. The molecule has 18 heavy (non-hydrogen) atoms. The Morgan fingerprint density at radius 1 is 1.39 bits per heavy atom. The van der Waals surface area contributed by atoms with Crippen molar-refractivity contribution in [3.8, 4) is 12.3 Å². The Hall–Kier alpha value is -0.530. The predicted molar refractivity (Wildman–Crippen MR) is 83.9 cm³/mol. The average Bonchev–Trinajstić information content (AvgIpc) is 2.37. The first kappa shape index (κ1) is 15.5. The topological polar surface area (TPSA) is 20.2 Å². The Morgan fingerprint density at radius 2 is 1.94 bits per heavy atom. The van der Waals surface area contributed by atoms with Gasteiger partial charge in [-0.2, -0.15) is 0 Å². The molecule has 0 aliphatic rings. The predicted octanol–water partition coefficient (Wildman–Crippen LogP) is 4.12. The normalized spacial score (nSPS) is 13.5. The lowest BCUT2D eigenvalue weighted by molar-refractivity contribution is 0.0954. The van der Waals surface area contributed by atoms with Crippen molar-refractivity contribution in [3.05, 3.63) is 45.2 Å². The second-order valence-corrected chi connectivity index (χ2v) is 6.07. The van der Waals surface area contributed by atoms with Crippen molar-refractivity contribution in [1.82, 2.24) is 0 Å².